The van der Waals surface area contributed by atoms with Crippen LogP contribution in [0.4, 0.5) is 10.1 Å². The summed E-state index contributed by atoms with van der Waals surface area (Å²) in [5.41, 5.74) is 1.15. The molecule has 0 amide bonds. The lowest BCUT2D eigenvalue weighted by atomic mass is 9.98. The zero-order chi connectivity index (χ0) is 25.6. The number of hydrogen-bond acceptors (Lipinski definition) is 6. The third-order valence-corrected chi connectivity index (χ3v) is 7.31. The number of carboxylic acids is 1. The normalized spacial score (nSPS) is 19.8. The number of rotatable bonds is 6. The Hall–Kier alpha value is -3.10. The van der Waals surface area contributed by atoms with Crippen LogP contribution < -0.4 is 4.90 Å². The van der Waals surface area contributed by atoms with E-state index in [9.17, 15) is 14.0 Å². The number of halogens is 3. The summed E-state index contributed by atoms with van der Waals surface area (Å²) in [5, 5.41) is 13.9. The van der Waals surface area contributed by atoms with Crippen LogP contribution in [0.2, 0.25) is 10.0 Å². The van der Waals surface area contributed by atoms with Crippen molar-refractivity contribution in [3.8, 4) is 11.3 Å². The zero-order valence-electron chi connectivity index (χ0n) is 19.3. The van der Waals surface area contributed by atoms with Crippen molar-refractivity contribution < 1.29 is 28.3 Å². The van der Waals surface area contributed by atoms with Crippen molar-refractivity contribution in [2.75, 3.05) is 11.4 Å². The number of hydrogen-bond donors (Lipinski definition) is 1. The predicted molar refractivity (Wildman–Crippen MR) is 133 cm³/mol. The lowest BCUT2D eigenvalue weighted by Gasteiger charge is -2.39. The number of benzene rings is 2. The predicted octanol–water partition coefficient (Wildman–Crippen LogP) is 6.58. The topological polar surface area (TPSA) is 92.9 Å². The van der Waals surface area contributed by atoms with E-state index in [0.29, 0.717) is 46.4 Å². The SMILES string of the molecule is C[C@@H]1C[C@H](OC(=O)c2c(-c3c(Cl)cccc3Cl)noc2C2CC2)CCN1c1ccc(C(=O)O)cc1F. The van der Waals surface area contributed by atoms with E-state index in [1.54, 1.807) is 18.2 Å². The van der Waals surface area contributed by atoms with E-state index in [4.69, 9.17) is 37.6 Å². The molecule has 1 saturated heterocycles. The molecule has 2 atom stereocenters. The second-order valence-corrected chi connectivity index (χ2v) is 10.0. The number of nitrogens with zero attached hydrogens (tertiary/aromatic N) is 2. The molecule has 1 aliphatic carbocycles. The highest BCUT2D eigenvalue weighted by Crippen LogP contribution is 2.46. The standard InChI is InChI=1S/C26H23Cl2FN2O5/c1-13-11-16(9-10-31(13)20-8-7-15(25(32)33)12-19(20)29)35-26(34)22-23(30-36-24(22)14-5-6-14)21-17(27)3-2-4-18(21)28/h2-4,7-8,12-14,16H,5-6,9-11H2,1H3,(H,32,33)/t13-,16-/m1/s1. The number of carboxylic acid groups (broad SMARTS) is 1. The van der Waals surface area contributed by atoms with Crippen molar-refractivity contribution in [2.45, 2.75) is 50.7 Å². The Labute approximate surface area is 216 Å². The van der Waals surface area contributed by atoms with Crippen molar-refractivity contribution in [3.05, 3.63) is 69.1 Å². The molecule has 2 aromatic carbocycles. The molecule has 2 fully saturated rings. The Morgan fingerprint density at radius 3 is 2.50 bits per heavy atom. The van der Waals surface area contributed by atoms with Crippen LogP contribution >= 0.6 is 23.2 Å². The van der Waals surface area contributed by atoms with Gasteiger partial charge in [-0.3, -0.25) is 0 Å². The maximum absolute atomic E-state index is 14.6. The van der Waals surface area contributed by atoms with E-state index < -0.39 is 23.9 Å². The number of aromatic nitrogens is 1. The molecule has 0 spiro atoms. The summed E-state index contributed by atoms with van der Waals surface area (Å²) in [5.74, 6) is -1.75. The van der Waals surface area contributed by atoms with Gasteiger partial charge in [-0.1, -0.05) is 34.4 Å². The van der Waals surface area contributed by atoms with Gasteiger partial charge in [0.1, 0.15) is 23.2 Å². The van der Waals surface area contributed by atoms with Gasteiger partial charge < -0.3 is 19.3 Å². The van der Waals surface area contributed by atoms with Crippen molar-refractivity contribution in [2.24, 2.45) is 0 Å². The van der Waals surface area contributed by atoms with Crippen LogP contribution in [-0.4, -0.2) is 40.9 Å². The molecule has 0 bridgehead atoms. The highest BCUT2D eigenvalue weighted by Gasteiger charge is 2.38. The van der Waals surface area contributed by atoms with E-state index in [1.807, 2.05) is 11.8 Å². The average Bonchev–Trinajstić information content (AvgIpc) is 3.58. The lowest BCUT2D eigenvalue weighted by Crippen LogP contribution is -2.44. The number of aromatic carboxylic acids is 1. The molecule has 0 radical (unpaired) electrons. The molecule has 1 N–H and O–H groups in total. The minimum atomic E-state index is -1.18. The van der Waals surface area contributed by atoms with Gasteiger partial charge >= 0.3 is 11.9 Å². The van der Waals surface area contributed by atoms with Crippen LogP contribution in [0, 0.1) is 5.82 Å². The van der Waals surface area contributed by atoms with Crippen LogP contribution in [0.3, 0.4) is 0 Å². The second kappa shape index (κ2) is 9.75. The van der Waals surface area contributed by atoms with Crippen LogP contribution in [0.25, 0.3) is 11.3 Å². The van der Waals surface area contributed by atoms with Crippen LogP contribution in [0.5, 0.6) is 0 Å². The van der Waals surface area contributed by atoms with Gasteiger partial charge in [-0.15, -0.1) is 0 Å². The first kappa shape index (κ1) is 24.6. The van der Waals surface area contributed by atoms with E-state index in [0.717, 1.165) is 18.9 Å². The van der Waals surface area contributed by atoms with Gasteiger partial charge in [0.25, 0.3) is 0 Å². The quantitative estimate of drug-likeness (QED) is 0.358. The molecular weight excluding hydrogens is 510 g/mol. The van der Waals surface area contributed by atoms with Crippen molar-refractivity contribution in [3.63, 3.8) is 0 Å². The molecular formula is C26H23Cl2FN2O5. The maximum Gasteiger partial charge on any atom is 0.344 e. The van der Waals surface area contributed by atoms with Crippen LogP contribution in [0.15, 0.2) is 40.9 Å². The summed E-state index contributed by atoms with van der Waals surface area (Å²) >= 11 is 12.8. The molecule has 1 aliphatic heterocycles. The second-order valence-electron chi connectivity index (χ2n) is 9.21. The number of piperidine rings is 1. The number of carbonyl (C=O) groups is 2. The van der Waals surface area contributed by atoms with Gasteiger partial charge in [0, 0.05) is 36.9 Å². The molecule has 2 heterocycles. The highest BCUT2D eigenvalue weighted by molar-refractivity contribution is 6.39. The van der Waals surface area contributed by atoms with Crippen molar-refractivity contribution in [1.29, 1.82) is 0 Å². The molecule has 1 aromatic heterocycles. The zero-order valence-corrected chi connectivity index (χ0v) is 20.9. The average molecular weight is 533 g/mol. The molecule has 0 unspecified atom stereocenters. The monoisotopic (exact) mass is 532 g/mol. The van der Waals surface area contributed by atoms with Crippen LogP contribution in [0.1, 0.15) is 65.0 Å². The highest BCUT2D eigenvalue weighted by atomic mass is 35.5. The van der Waals surface area contributed by atoms with Gasteiger partial charge in [0.05, 0.1) is 21.3 Å². The van der Waals surface area contributed by atoms with E-state index >= 15 is 0 Å². The minimum Gasteiger partial charge on any atom is -0.478 e. The molecule has 5 rings (SSSR count). The van der Waals surface area contributed by atoms with Gasteiger partial charge in [-0.2, -0.15) is 0 Å². The first-order valence-electron chi connectivity index (χ1n) is 11.7. The lowest BCUT2D eigenvalue weighted by molar-refractivity contribution is 0.0214. The van der Waals surface area contributed by atoms with E-state index in [1.165, 1.54) is 12.1 Å². The van der Waals surface area contributed by atoms with Gasteiger partial charge in [-0.05, 0) is 50.1 Å². The Morgan fingerprint density at radius 2 is 1.89 bits per heavy atom. The molecule has 188 valence electrons. The summed E-state index contributed by atoms with van der Waals surface area (Å²) in [4.78, 5) is 26.4. The summed E-state index contributed by atoms with van der Waals surface area (Å²) in [6, 6.07) is 8.77. The molecule has 2 aliphatic rings. The fourth-order valence-corrected chi connectivity index (χ4v) is 5.27. The summed E-state index contributed by atoms with van der Waals surface area (Å²) in [7, 11) is 0. The molecule has 1 saturated carbocycles. The van der Waals surface area contributed by atoms with Crippen molar-refractivity contribution in [1.82, 2.24) is 5.16 Å². The van der Waals surface area contributed by atoms with Gasteiger partial charge in [-0.25, -0.2) is 14.0 Å². The smallest absolute Gasteiger partial charge is 0.344 e. The van der Waals surface area contributed by atoms with Gasteiger partial charge in [0.2, 0.25) is 0 Å². The Morgan fingerprint density at radius 1 is 1.17 bits per heavy atom. The Bertz CT molecular complexity index is 1320. The van der Waals surface area contributed by atoms with E-state index in [2.05, 4.69) is 5.16 Å². The Kier molecular flexibility index (Phi) is 6.66. The summed E-state index contributed by atoms with van der Waals surface area (Å²) < 4.78 is 26.1. The summed E-state index contributed by atoms with van der Waals surface area (Å²) in [6.45, 7) is 2.35. The third-order valence-electron chi connectivity index (χ3n) is 6.68. The minimum absolute atomic E-state index is 0.104. The molecule has 3 aromatic rings. The van der Waals surface area contributed by atoms with E-state index in [-0.39, 0.29) is 28.8 Å². The Balaban J connectivity index is 1.35. The molecule has 10 heteroatoms. The molecule has 7 nitrogen and oxygen atoms in total. The fourth-order valence-electron chi connectivity index (χ4n) is 4.70. The number of anilines is 1. The van der Waals surface area contributed by atoms with Crippen LogP contribution in [-0.2, 0) is 4.74 Å². The van der Waals surface area contributed by atoms with Gasteiger partial charge in [0.15, 0.2) is 5.76 Å². The maximum atomic E-state index is 14.6. The fraction of sp³-hybridized carbons (Fsp3) is 0.346. The number of esters is 1. The number of carbonyl (C=O) groups excluding carboxylic acids is 1. The first-order valence-corrected chi connectivity index (χ1v) is 12.4. The third kappa shape index (κ3) is 4.67. The summed E-state index contributed by atoms with van der Waals surface area (Å²) in [6.07, 6.45) is 2.33. The number of ether oxygens (including phenoxy) is 1. The van der Waals surface area contributed by atoms with Crippen molar-refractivity contribution >= 4 is 40.8 Å². The largest absolute Gasteiger partial charge is 0.478 e. The first-order chi connectivity index (χ1) is 17.2. The molecule has 36 heavy (non-hydrogen) atoms.